The molecular weight excluding hydrogens is 594 g/mol. The molecule has 0 aliphatic carbocycles. The average molecular weight is 640 g/mol. The van der Waals surface area contributed by atoms with Crippen LogP contribution >= 0.6 is 0 Å². The summed E-state index contributed by atoms with van der Waals surface area (Å²) in [5.41, 5.74) is 3.84. The topological polar surface area (TPSA) is 99.0 Å². The number of pyridine rings is 1. The third kappa shape index (κ3) is 8.98. The molecule has 4 aromatic rings. The maximum absolute atomic E-state index is 13.3. The molecule has 0 N–H and O–H groups in total. The van der Waals surface area contributed by atoms with E-state index in [1.165, 1.54) is 12.7 Å². The van der Waals surface area contributed by atoms with E-state index in [0.717, 1.165) is 55.8 Å². The van der Waals surface area contributed by atoms with Crippen molar-refractivity contribution in [3.8, 4) is 17.3 Å². The Labute approximate surface area is 277 Å². The minimum Gasteiger partial charge on any atom is -0.496 e. The van der Waals surface area contributed by atoms with E-state index in [9.17, 15) is 9.59 Å². The SMILES string of the molecule is COC(=O)c1ccnc(-c2nccn2Cc2ccc(CN3CCC(N(CCc4ccccc4)C(=O)OC(C)(C)C)CC3)cc2OC)c1. The van der Waals surface area contributed by atoms with Gasteiger partial charge in [0.1, 0.15) is 17.0 Å². The third-order valence-electron chi connectivity index (χ3n) is 8.33. The largest absolute Gasteiger partial charge is 0.496 e. The second-order valence-electron chi connectivity index (χ2n) is 12.9. The zero-order valence-electron chi connectivity index (χ0n) is 28.0. The molecule has 1 fully saturated rings. The molecular formula is C37H45N5O5. The Kier molecular flexibility index (Phi) is 10.9. The number of methoxy groups -OCH3 is 2. The molecule has 0 radical (unpaired) electrons. The molecule has 0 saturated carbocycles. The van der Waals surface area contributed by atoms with Crippen molar-refractivity contribution in [1.29, 1.82) is 0 Å². The van der Waals surface area contributed by atoms with E-state index in [4.69, 9.17) is 14.2 Å². The van der Waals surface area contributed by atoms with Crippen LogP contribution in [0.1, 0.15) is 60.7 Å². The predicted molar refractivity (Wildman–Crippen MR) is 180 cm³/mol. The zero-order chi connectivity index (χ0) is 33.4. The van der Waals surface area contributed by atoms with E-state index in [1.54, 1.807) is 31.6 Å². The summed E-state index contributed by atoms with van der Waals surface area (Å²) in [6.07, 6.45) is 7.52. The molecule has 1 saturated heterocycles. The van der Waals surface area contributed by atoms with Gasteiger partial charge in [0.05, 0.1) is 26.3 Å². The molecule has 47 heavy (non-hydrogen) atoms. The van der Waals surface area contributed by atoms with Gasteiger partial charge < -0.3 is 23.7 Å². The van der Waals surface area contributed by atoms with Crippen molar-refractivity contribution in [2.24, 2.45) is 0 Å². The number of rotatable bonds is 11. The summed E-state index contributed by atoms with van der Waals surface area (Å²) < 4.78 is 18.5. The lowest BCUT2D eigenvalue weighted by Gasteiger charge is -2.39. The number of carbonyl (C=O) groups is 2. The lowest BCUT2D eigenvalue weighted by atomic mass is 10.0. The van der Waals surface area contributed by atoms with Gasteiger partial charge in [-0.2, -0.15) is 0 Å². The Morgan fingerprint density at radius 3 is 2.38 bits per heavy atom. The average Bonchev–Trinajstić information content (AvgIpc) is 3.53. The number of aromatic nitrogens is 3. The van der Waals surface area contributed by atoms with Crippen molar-refractivity contribution in [1.82, 2.24) is 24.3 Å². The molecule has 2 aromatic heterocycles. The maximum atomic E-state index is 13.3. The second kappa shape index (κ2) is 15.3. The molecule has 10 nitrogen and oxygen atoms in total. The summed E-state index contributed by atoms with van der Waals surface area (Å²) in [6, 6.07) is 20.1. The molecule has 5 rings (SSSR count). The fourth-order valence-corrected chi connectivity index (χ4v) is 5.95. The summed E-state index contributed by atoms with van der Waals surface area (Å²) in [4.78, 5) is 38.6. The van der Waals surface area contributed by atoms with Crippen LogP contribution in [0.15, 0.2) is 79.3 Å². The number of nitrogens with zero attached hydrogens (tertiary/aromatic N) is 5. The van der Waals surface area contributed by atoms with E-state index >= 15 is 0 Å². The minimum absolute atomic E-state index is 0.133. The fourth-order valence-electron chi connectivity index (χ4n) is 5.95. The minimum atomic E-state index is -0.542. The van der Waals surface area contributed by atoms with E-state index < -0.39 is 11.6 Å². The first-order valence-corrected chi connectivity index (χ1v) is 16.1. The van der Waals surface area contributed by atoms with Crippen molar-refractivity contribution >= 4 is 12.1 Å². The Morgan fingerprint density at radius 2 is 1.68 bits per heavy atom. The molecule has 1 aliphatic heterocycles. The Balaban J connectivity index is 1.22. The van der Waals surface area contributed by atoms with E-state index in [-0.39, 0.29) is 12.1 Å². The van der Waals surface area contributed by atoms with Crippen LogP contribution in [-0.4, -0.2) is 81.9 Å². The standard InChI is InChI=1S/C37H45N5O5/c1-37(2,3)47-36(44)42(21-14-27-9-7-6-8-10-27)31-15-19-40(20-16-31)25-28-11-12-30(33(23-28)45-4)26-41-22-18-39-34(41)32-24-29(13-17-38-32)35(43)46-5/h6-13,17-18,22-24,31H,14-16,19-21,25-26H2,1-5H3. The molecule has 1 aliphatic rings. The van der Waals surface area contributed by atoms with Crippen LogP contribution in [0.2, 0.25) is 0 Å². The predicted octanol–water partition coefficient (Wildman–Crippen LogP) is 6.23. The number of piperidine rings is 1. The van der Waals surface area contributed by atoms with Gasteiger partial charge in [-0.25, -0.2) is 14.6 Å². The van der Waals surface area contributed by atoms with Gasteiger partial charge in [-0.1, -0.05) is 42.5 Å². The molecule has 0 unspecified atom stereocenters. The van der Waals surface area contributed by atoms with Gasteiger partial charge in [-0.15, -0.1) is 0 Å². The number of hydrogen-bond acceptors (Lipinski definition) is 8. The molecule has 0 spiro atoms. The number of carbonyl (C=O) groups excluding carboxylic acids is 2. The van der Waals surface area contributed by atoms with Crippen LogP contribution < -0.4 is 4.74 Å². The Bertz CT molecular complexity index is 1640. The third-order valence-corrected chi connectivity index (χ3v) is 8.33. The van der Waals surface area contributed by atoms with Crippen molar-refractivity contribution < 1.29 is 23.8 Å². The van der Waals surface area contributed by atoms with Gasteiger partial charge in [-0.05, 0) is 69.4 Å². The number of imidazole rings is 1. The van der Waals surface area contributed by atoms with Gasteiger partial charge in [0.25, 0.3) is 0 Å². The number of benzene rings is 2. The molecule has 0 atom stereocenters. The van der Waals surface area contributed by atoms with Crippen LogP contribution in [0.5, 0.6) is 5.75 Å². The number of hydrogen-bond donors (Lipinski definition) is 0. The first kappa shape index (κ1) is 33.7. The fraction of sp³-hybridized carbons (Fsp3) is 0.405. The van der Waals surface area contributed by atoms with Crippen molar-refractivity contribution in [3.63, 3.8) is 0 Å². The summed E-state index contributed by atoms with van der Waals surface area (Å²) in [5, 5.41) is 0. The van der Waals surface area contributed by atoms with Gasteiger partial charge in [0.15, 0.2) is 5.82 Å². The normalized spacial score (nSPS) is 14.1. The monoisotopic (exact) mass is 639 g/mol. The van der Waals surface area contributed by atoms with Crippen LogP contribution in [-0.2, 0) is 29.0 Å². The van der Waals surface area contributed by atoms with Crippen LogP contribution in [0.3, 0.4) is 0 Å². The maximum Gasteiger partial charge on any atom is 0.410 e. The highest BCUT2D eigenvalue weighted by molar-refractivity contribution is 5.90. The molecule has 248 valence electrons. The highest BCUT2D eigenvalue weighted by Gasteiger charge is 2.31. The van der Waals surface area contributed by atoms with Crippen LogP contribution in [0.4, 0.5) is 4.79 Å². The molecule has 3 heterocycles. The highest BCUT2D eigenvalue weighted by atomic mass is 16.6. The number of amides is 1. The number of likely N-dealkylation sites (tertiary alicyclic amines) is 1. The quantitative estimate of drug-likeness (QED) is 0.178. The van der Waals surface area contributed by atoms with Gasteiger partial charge in [-0.3, -0.25) is 9.88 Å². The molecule has 10 heteroatoms. The zero-order valence-corrected chi connectivity index (χ0v) is 28.0. The summed E-state index contributed by atoms with van der Waals surface area (Å²) in [7, 11) is 3.04. The van der Waals surface area contributed by atoms with Gasteiger partial charge >= 0.3 is 12.1 Å². The highest BCUT2D eigenvalue weighted by Crippen LogP contribution is 2.27. The van der Waals surface area contributed by atoms with Crippen LogP contribution in [0.25, 0.3) is 11.5 Å². The molecule has 0 bridgehead atoms. The van der Waals surface area contributed by atoms with Crippen molar-refractivity contribution in [3.05, 3.63) is 102 Å². The summed E-state index contributed by atoms with van der Waals surface area (Å²) in [5.74, 6) is 1.02. The van der Waals surface area contributed by atoms with E-state index in [2.05, 4.69) is 45.2 Å². The van der Waals surface area contributed by atoms with Crippen LogP contribution in [0, 0.1) is 0 Å². The molecule has 1 amide bonds. The van der Waals surface area contributed by atoms with Crippen molar-refractivity contribution in [2.45, 2.75) is 64.8 Å². The Morgan fingerprint density at radius 1 is 0.915 bits per heavy atom. The number of esters is 1. The number of ether oxygens (including phenoxy) is 3. The summed E-state index contributed by atoms with van der Waals surface area (Å²) in [6.45, 7) is 9.47. The lowest BCUT2D eigenvalue weighted by Crippen LogP contribution is -2.49. The van der Waals surface area contributed by atoms with Crippen molar-refractivity contribution in [2.75, 3.05) is 33.9 Å². The van der Waals surface area contributed by atoms with E-state index in [0.29, 0.717) is 30.2 Å². The summed E-state index contributed by atoms with van der Waals surface area (Å²) >= 11 is 0. The van der Waals surface area contributed by atoms with Gasteiger partial charge in [0.2, 0.25) is 0 Å². The Hall–Kier alpha value is -4.70. The smallest absolute Gasteiger partial charge is 0.410 e. The first-order chi connectivity index (χ1) is 22.6. The van der Waals surface area contributed by atoms with Gasteiger partial charge in [0, 0.05) is 56.4 Å². The van der Waals surface area contributed by atoms with E-state index in [1.807, 2.05) is 54.6 Å². The lowest BCUT2D eigenvalue weighted by molar-refractivity contribution is 0.00805. The first-order valence-electron chi connectivity index (χ1n) is 16.1. The second-order valence-corrected chi connectivity index (χ2v) is 12.9. The molecule has 2 aromatic carbocycles.